The smallest absolute Gasteiger partial charge is 0.308 e. The molecule has 0 saturated carbocycles. The van der Waals surface area contributed by atoms with E-state index in [1.807, 2.05) is 47.4 Å². The summed E-state index contributed by atoms with van der Waals surface area (Å²) in [7, 11) is 0. The normalized spacial score (nSPS) is 10.8. The zero-order valence-corrected chi connectivity index (χ0v) is 20.4. The summed E-state index contributed by atoms with van der Waals surface area (Å²) in [6.45, 7) is 2.49. The lowest BCUT2D eigenvalue weighted by molar-refractivity contribution is -0.384. The predicted octanol–water partition coefficient (Wildman–Crippen LogP) is 6.58. The summed E-state index contributed by atoms with van der Waals surface area (Å²) in [6.07, 6.45) is 0.456. The standard InChI is InChI=1S/C26H25ClN4O5/c1-2-23(32)18-36-26(33)14-15-30(17-19-6-4-3-5-7-19)21-10-8-20(9-11-21)28-29-25-13-12-22(31(34)35)16-24(25)27/h3-13,16H,2,14-15,17-18H2,1H3. The van der Waals surface area contributed by atoms with Crippen LogP contribution in [-0.2, 0) is 20.9 Å². The minimum Gasteiger partial charge on any atom is -0.458 e. The molecule has 3 rings (SSSR count). The van der Waals surface area contributed by atoms with Crippen LogP contribution in [0.25, 0.3) is 0 Å². The fraction of sp³-hybridized carbons (Fsp3) is 0.231. The third-order valence-corrected chi connectivity index (χ3v) is 5.52. The highest BCUT2D eigenvalue weighted by molar-refractivity contribution is 6.33. The van der Waals surface area contributed by atoms with E-state index in [-0.39, 0.29) is 29.5 Å². The molecule has 0 aliphatic heterocycles. The third-order valence-electron chi connectivity index (χ3n) is 5.22. The van der Waals surface area contributed by atoms with E-state index < -0.39 is 10.9 Å². The second-order valence-electron chi connectivity index (χ2n) is 7.82. The molecule has 0 aromatic heterocycles. The van der Waals surface area contributed by atoms with E-state index >= 15 is 0 Å². The second kappa shape index (κ2) is 13.1. The Bertz CT molecular complexity index is 1230. The van der Waals surface area contributed by atoms with Crippen molar-refractivity contribution >= 4 is 46.1 Å². The Labute approximate surface area is 213 Å². The van der Waals surface area contributed by atoms with Gasteiger partial charge in [0.25, 0.3) is 5.69 Å². The molecule has 0 radical (unpaired) electrons. The summed E-state index contributed by atoms with van der Waals surface area (Å²) in [6, 6.07) is 21.1. The van der Waals surface area contributed by atoms with Gasteiger partial charge in [-0.15, -0.1) is 5.11 Å². The predicted molar refractivity (Wildman–Crippen MR) is 137 cm³/mol. The molecular formula is C26H25ClN4O5. The molecule has 0 aliphatic rings. The average Bonchev–Trinajstić information content (AvgIpc) is 2.89. The number of nitro groups is 1. The molecular weight excluding hydrogens is 484 g/mol. The molecule has 0 heterocycles. The topological polar surface area (TPSA) is 114 Å². The van der Waals surface area contributed by atoms with Crippen molar-refractivity contribution in [1.82, 2.24) is 0 Å². The van der Waals surface area contributed by atoms with E-state index in [2.05, 4.69) is 10.2 Å². The maximum absolute atomic E-state index is 12.1. The van der Waals surface area contributed by atoms with Gasteiger partial charge < -0.3 is 9.64 Å². The van der Waals surface area contributed by atoms with Gasteiger partial charge in [0.1, 0.15) is 12.3 Å². The van der Waals surface area contributed by atoms with E-state index in [0.29, 0.717) is 30.9 Å². The number of carbonyl (C=O) groups is 2. The Kier molecular flexibility index (Phi) is 9.64. The first kappa shape index (κ1) is 26.5. The zero-order valence-electron chi connectivity index (χ0n) is 19.7. The van der Waals surface area contributed by atoms with Crippen LogP contribution < -0.4 is 4.90 Å². The number of halogens is 1. The quantitative estimate of drug-likeness (QED) is 0.118. The molecule has 186 valence electrons. The van der Waals surface area contributed by atoms with Crippen LogP contribution >= 0.6 is 11.6 Å². The number of non-ortho nitro benzene ring substituents is 1. The molecule has 10 heteroatoms. The van der Waals surface area contributed by atoms with Crippen LogP contribution in [0.1, 0.15) is 25.3 Å². The summed E-state index contributed by atoms with van der Waals surface area (Å²) in [5.41, 5.74) is 2.69. The van der Waals surface area contributed by atoms with Crippen molar-refractivity contribution in [2.24, 2.45) is 10.2 Å². The molecule has 3 aromatic carbocycles. The number of nitro benzene ring substituents is 1. The highest BCUT2D eigenvalue weighted by Crippen LogP contribution is 2.31. The molecule has 0 unspecified atom stereocenters. The Morgan fingerprint density at radius 3 is 2.39 bits per heavy atom. The van der Waals surface area contributed by atoms with Gasteiger partial charge in [-0.2, -0.15) is 5.11 Å². The monoisotopic (exact) mass is 508 g/mol. The van der Waals surface area contributed by atoms with Gasteiger partial charge in [-0.05, 0) is 35.9 Å². The molecule has 0 amide bonds. The number of ketones is 1. The van der Waals surface area contributed by atoms with E-state index in [9.17, 15) is 19.7 Å². The van der Waals surface area contributed by atoms with Gasteiger partial charge in [-0.3, -0.25) is 19.7 Å². The lowest BCUT2D eigenvalue weighted by atomic mass is 10.2. The molecule has 0 N–H and O–H groups in total. The zero-order chi connectivity index (χ0) is 25.9. The van der Waals surface area contributed by atoms with Gasteiger partial charge in [-0.1, -0.05) is 48.9 Å². The van der Waals surface area contributed by atoms with Crippen LogP contribution in [0, 0.1) is 10.1 Å². The first-order valence-electron chi connectivity index (χ1n) is 11.3. The minimum atomic E-state index is -0.531. The van der Waals surface area contributed by atoms with Crippen LogP contribution in [0.2, 0.25) is 5.02 Å². The average molecular weight is 509 g/mol. The molecule has 0 saturated heterocycles. The first-order valence-corrected chi connectivity index (χ1v) is 11.7. The Morgan fingerprint density at radius 2 is 1.75 bits per heavy atom. The van der Waals surface area contributed by atoms with Crippen molar-refractivity contribution in [2.75, 3.05) is 18.1 Å². The van der Waals surface area contributed by atoms with Crippen molar-refractivity contribution in [2.45, 2.75) is 26.3 Å². The molecule has 0 atom stereocenters. The maximum atomic E-state index is 12.1. The molecule has 0 bridgehead atoms. The number of ether oxygens (including phenoxy) is 1. The van der Waals surface area contributed by atoms with E-state index in [1.54, 1.807) is 19.1 Å². The summed E-state index contributed by atoms with van der Waals surface area (Å²) in [5, 5.41) is 19.2. The second-order valence-corrected chi connectivity index (χ2v) is 8.23. The molecule has 9 nitrogen and oxygen atoms in total. The van der Waals surface area contributed by atoms with Crippen LogP contribution in [0.5, 0.6) is 0 Å². The van der Waals surface area contributed by atoms with Gasteiger partial charge in [0.15, 0.2) is 5.78 Å². The van der Waals surface area contributed by atoms with Crippen molar-refractivity contribution in [1.29, 1.82) is 0 Å². The Hall–Kier alpha value is -4.11. The van der Waals surface area contributed by atoms with E-state index in [4.69, 9.17) is 16.3 Å². The van der Waals surface area contributed by atoms with Crippen LogP contribution in [0.3, 0.4) is 0 Å². The number of nitrogens with zero attached hydrogens (tertiary/aromatic N) is 4. The van der Waals surface area contributed by atoms with Gasteiger partial charge in [0, 0.05) is 37.3 Å². The SMILES string of the molecule is CCC(=O)COC(=O)CCN(Cc1ccccc1)c1ccc(N=Nc2ccc([N+](=O)[O-])cc2Cl)cc1. The van der Waals surface area contributed by atoms with E-state index in [0.717, 1.165) is 11.3 Å². The molecule has 0 aliphatic carbocycles. The summed E-state index contributed by atoms with van der Waals surface area (Å²) in [4.78, 5) is 35.9. The maximum Gasteiger partial charge on any atom is 0.308 e. The highest BCUT2D eigenvalue weighted by Gasteiger charge is 2.13. The van der Waals surface area contributed by atoms with Crippen molar-refractivity contribution in [3.05, 3.63) is 93.5 Å². The van der Waals surface area contributed by atoms with Crippen molar-refractivity contribution in [3.63, 3.8) is 0 Å². The number of rotatable bonds is 12. The lowest BCUT2D eigenvalue weighted by Crippen LogP contribution is -2.26. The van der Waals surface area contributed by atoms with Crippen LogP contribution in [-0.4, -0.2) is 29.8 Å². The minimum absolute atomic E-state index is 0.121. The number of carbonyl (C=O) groups excluding carboxylic acids is 2. The van der Waals surface area contributed by atoms with Gasteiger partial charge >= 0.3 is 5.97 Å². The number of hydrogen-bond donors (Lipinski definition) is 0. The van der Waals surface area contributed by atoms with Gasteiger partial charge in [0.05, 0.1) is 22.1 Å². The lowest BCUT2D eigenvalue weighted by Gasteiger charge is -2.25. The molecule has 0 spiro atoms. The van der Waals surface area contributed by atoms with Crippen LogP contribution in [0.4, 0.5) is 22.7 Å². The third kappa shape index (κ3) is 7.99. The van der Waals surface area contributed by atoms with Crippen LogP contribution in [0.15, 0.2) is 83.0 Å². The number of anilines is 1. The van der Waals surface area contributed by atoms with Crippen molar-refractivity contribution in [3.8, 4) is 0 Å². The molecule has 0 fully saturated rings. The fourth-order valence-corrected chi connectivity index (χ4v) is 3.41. The first-order chi connectivity index (χ1) is 17.4. The highest BCUT2D eigenvalue weighted by atomic mass is 35.5. The molecule has 3 aromatic rings. The number of Topliss-reactive ketones (excluding diaryl/α,β-unsaturated/α-hetero) is 1. The fourth-order valence-electron chi connectivity index (χ4n) is 3.20. The van der Waals surface area contributed by atoms with Crippen molar-refractivity contribution < 1.29 is 19.2 Å². The van der Waals surface area contributed by atoms with Gasteiger partial charge in [0.2, 0.25) is 0 Å². The summed E-state index contributed by atoms with van der Waals surface area (Å²) < 4.78 is 5.06. The number of hydrogen-bond acceptors (Lipinski definition) is 8. The Morgan fingerprint density at radius 1 is 1.03 bits per heavy atom. The summed E-state index contributed by atoms with van der Waals surface area (Å²) >= 11 is 6.07. The number of esters is 1. The Balaban J connectivity index is 1.70. The number of azo groups is 1. The summed E-state index contributed by atoms with van der Waals surface area (Å²) in [5.74, 6) is -0.551. The molecule has 36 heavy (non-hydrogen) atoms. The number of benzene rings is 3. The van der Waals surface area contributed by atoms with Gasteiger partial charge in [-0.25, -0.2) is 0 Å². The van der Waals surface area contributed by atoms with E-state index in [1.165, 1.54) is 18.2 Å². The largest absolute Gasteiger partial charge is 0.458 e.